The number of carbonyl (C=O) groups is 2. The second kappa shape index (κ2) is 6.16. The van der Waals surface area contributed by atoms with Gasteiger partial charge in [0.1, 0.15) is 0 Å². The molecule has 5 nitrogen and oxygen atoms in total. The molecule has 1 heterocycles. The van der Waals surface area contributed by atoms with E-state index in [2.05, 4.69) is 5.32 Å². The van der Waals surface area contributed by atoms with Gasteiger partial charge >= 0.3 is 12.0 Å². The van der Waals surface area contributed by atoms with Crippen LogP contribution in [-0.4, -0.2) is 35.1 Å². The van der Waals surface area contributed by atoms with Crippen molar-refractivity contribution in [3.05, 3.63) is 35.9 Å². The van der Waals surface area contributed by atoms with E-state index in [1.807, 2.05) is 44.2 Å². The van der Waals surface area contributed by atoms with Crippen molar-refractivity contribution in [2.24, 2.45) is 5.41 Å². The van der Waals surface area contributed by atoms with E-state index in [0.717, 1.165) is 5.56 Å². The maximum Gasteiger partial charge on any atom is 0.317 e. The molecule has 5 heteroatoms. The zero-order valence-corrected chi connectivity index (χ0v) is 12.5. The summed E-state index contributed by atoms with van der Waals surface area (Å²) in [7, 11) is 0. The summed E-state index contributed by atoms with van der Waals surface area (Å²) in [5.41, 5.74) is 0.248. The lowest BCUT2D eigenvalue weighted by molar-refractivity contribution is -0.148. The molecular weight excluding hydrogens is 268 g/mol. The third-order valence-electron chi connectivity index (χ3n) is 4.41. The Morgan fingerprint density at radius 3 is 2.57 bits per heavy atom. The number of likely N-dealkylation sites (tertiary alicyclic amines) is 1. The lowest BCUT2D eigenvalue weighted by Gasteiger charge is -2.24. The van der Waals surface area contributed by atoms with E-state index in [1.54, 1.807) is 4.90 Å². The van der Waals surface area contributed by atoms with Crippen molar-refractivity contribution in [1.82, 2.24) is 10.2 Å². The van der Waals surface area contributed by atoms with Gasteiger partial charge in [-0.25, -0.2) is 4.79 Å². The van der Waals surface area contributed by atoms with Crippen LogP contribution in [-0.2, 0) is 4.79 Å². The molecule has 2 unspecified atom stereocenters. The van der Waals surface area contributed by atoms with E-state index in [9.17, 15) is 14.7 Å². The average Bonchev–Trinajstić information content (AvgIpc) is 2.94. The van der Waals surface area contributed by atoms with Gasteiger partial charge in [0.2, 0.25) is 0 Å². The molecular formula is C16H22N2O3. The summed E-state index contributed by atoms with van der Waals surface area (Å²) < 4.78 is 0. The highest BCUT2D eigenvalue weighted by Gasteiger charge is 2.44. The predicted octanol–water partition coefficient (Wildman–Crippen LogP) is 2.64. The fraction of sp³-hybridized carbons (Fsp3) is 0.500. The molecule has 1 aromatic rings. The molecule has 0 aliphatic carbocycles. The van der Waals surface area contributed by atoms with Crippen LogP contribution in [0.15, 0.2) is 30.3 Å². The molecule has 1 aliphatic rings. The Morgan fingerprint density at radius 2 is 2.05 bits per heavy atom. The summed E-state index contributed by atoms with van der Waals surface area (Å²) in [6.45, 7) is 4.56. The van der Waals surface area contributed by atoms with Crippen molar-refractivity contribution in [2.75, 3.05) is 13.1 Å². The first-order chi connectivity index (χ1) is 9.98. The lowest BCUT2D eigenvalue weighted by Crippen LogP contribution is -2.42. The van der Waals surface area contributed by atoms with Crippen LogP contribution in [0.3, 0.4) is 0 Å². The first kappa shape index (κ1) is 15.4. The number of rotatable bonds is 4. The van der Waals surface area contributed by atoms with Gasteiger partial charge < -0.3 is 15.3 Å². The molecule has 0 radical (unpaired) electrons. The number of nitrogens with zero attached hydrogens (tertiary/aromatic N) is 1. The number of hydrogen-bond acceptors (Lipinski definition) is 2. The summed E-state index contributed by atoms with van der Waals surface area (Å²) in [4.78, 5) is 25.3. The van der Waals surface area contributed by atoms with Crippen molar-refractivity contribution < 1.29 is 14.7 Å². The molecule has 2 amide bonds. The van der Waals surface area contributed by atoms with Gasteiger partial charge in [0.05, 0.1) is 11.5 Å². The molecule has 0 spiro atoms. The van der Waals surface area contributed by atoms with Gasteiger partial charge in [0.15, 0.2) is 0 Å². The Labute approximate surface area is 125 Å². The van der Waals surface area contributed by atoms with E-state index in [-0.39, 0.29) is 18.6 Å². The lowest BCUT2D eigenvalue weighted by atomic mass is 9.84. The molecule has 2 N–H and O–H groups in total. The van der Waals surface area contributed by atoms with Crippen LogP contribution in [0.2, 0.25) is 0 Å². The third-order valence-corrected chi connectivity index (χ3v) is 4.41. The van der Waals surface area contributed by atoms with Crippen molar-refractivity contribution in [2.45, 2.75) is 32.7 Å². The Hall–Kier alpha value is -2.04. The van der Waals surface area contributed by atoms with Crippen molar-refractivity contribution in [3.8, 4) is 0 Å². The number of aliphatic carboxylic acids is 1. The van der Waals surface area contributed by atoms with Crippen LogP contribution in [0.1, 0.15) is 38.3 Å². The third kappa shape index (κ3) is 3.17. The maximum atomic E-state index is 12.3. The minimum Gasteiger partial charge on any atom is -0.481 e. The number of nitrogens with one attached hydrogen (secondary N) is 1. The van der Waals surface area contributed by atoms with E-state index in [0.29, 0.717) is 19.4 Å². The molecule has 1 fully saturated rings. The molecule has 114 valence electrons. The second-order valence-electron chi connectivity index (χ2n) is 5.69. The highest BCUT2D eigenvalue weighted by atomic mass is 16.4. The summed E-state index contributed by atoms with van der Waals surface area (Å²) in [6, 6.07) is 9.43. The van der Waals surface area contributed by atoms with Gasteiger partial charge in [-0.3, -0.25) is 4.79 Å². The molecule has 21 heavy (non-hydrogen) atoms. The number of carboxylic acid groups (broad SMARTS) is 1. The summed E-state index contributed by atoms with van der Waals surface area (Å²) in [5.74, 6) is -0.809. The van der Waals surface area contributed by atoms with Gasteiger partial charge in [0.25, 0.3) is 0 Å². The van der Waals surface area contributed by atoms with Crippen molar-refractivity contribution >= 4 is 12.0 Å². The first-order valence-corrected chi connectivity index (χ1v) is 7.32. The first-order valence-electron chi connectivity index (χ1n) is 7.32. The highest BCUT2D eigenvalue weighted by Crippen LogP contribution is 2.34. The second-order valence-corrected chi connectivity index (χ2v) is 5.69. The molecule has 0 saturated carbocycles. The Morgan fingerprint density at radius 1 is 1.38 bits per heavy atom. The Kier molecular flexibility index (Phi) is 4.50. The van der Waals surface area contributed by atoms with Crippen LogP contribution >= 0.6 is 0 Å². The van der Waals surface area contributed by atoms with Gasteiger partial charge in [-0.2, -0.15) is 0 Å². The van der Waals surface area contributed by atoms with E-state index >= 15 is 0 Å². The minimum absolute atomic E-state index is 0.0971. The van der Waals surface area contributed by atoms with E-state index in [4.69, 9.17) is 0 Å². The Bertz CT molecular complexity index is 518. The number of hydrogen-bond donors (Lipinski definition) is 2. The molecule has 2 rings (SSSR count). The van der Waals surface area contributed by atoms with E-state index < -0.39 is 11.4 Å². The van der Waals surface area contributed by atoms with Gasteiger partial charge in [-0.15, -0.1) is 0 Å². The molecule has 1 saturated heterocycles. The predicted molar refractivity (Wildman–Crippen MR) is 79.9 cm³/mol. The van der Waals surface area contributed by atoms with E-state index in [1.165, 1.54) is 0 Å². The zero-order chi connectivity index (χ0) is 15.5. The van der Waals surface area contributed by atoms with Gasteiger partial charge in [-0.1, -0.05) is 37.3 Å². The number of amides is 2. The number of urea groups is 1. The van der Waals surface area contributed by atoms with Crippen LogP contribution in [0.25, 0.3) is 0 Å². The quantitative estimate of drug-likeness (QED) is 0.895. The summed E-state index contributed by atoms with van der Waals surface area (Å²) in [5, 5.41) is 12.3. The molecule has 0 bridgehead atoms. The highest BCUT2D eigenvalue weighted by molar-refractivity contribution is 5.80. The normalized spacial score (nSPS) is 22.9. The topological polar surface area (TPSA) is 69.6 Å². The number of benzene rings is 1. The standard InChI is InChI=1S/C16H22N2O3/c1-3-16(14(19)20)9-10-18(11-16)15(21)17-12(2)13-7-5-4-6-8-13/h4-8,12H,3,9-11H2,1-2H3,(H,17,21)(H,19,20). The van der Waals surface area contributed by atoms with Crippen LogP contribution in [0, 0.1) is 5.41 Å². The monoisotopic (exact) mass is 290 g/mol. The SMILES string of the molecule is CCC1(C(=O)O)CCN(C(=O)NC(C)c2ccccc2)C1. The van der Waals surface area contributed by atoms with Crippen LogP contribution in [0.5, 0.6) is 0 Å². The number of carbonyl (C=O) groups excluding carboxylic acids is 1. The van der Waals surface area contributed by atoms with Crippen molar-refractivity contribution in [3.63, 3.8) is 0 Å². The van der Waals surface area contributed by atoms with Crippen molar-refractivity contribution in [1.29, 1.82) is 0 Å². The fourth-order valence-electron chi connectivity index (χ4n) is 2.76. The van der Waals surface area contributed by atoms with Gasteiger partial charge in [0, 0.05) is 13.1 Å². The van der Waals surface area contributed by atoms with Crippen LogP contribution < -0.4 is 5.32 Å². The largest absolute Gasteiger partial charge is 0.481 e. The minimum atomic E-state index is -0.809. The average molecular weight is 290 g/mol. The number of carboxylic acids is 1. The zero-order valence-electron chi connectivity index (χ0n) is 12.5. The smallest absolute Gasteiger partial charge is 0.317 e. The molecule has 0 aromatic heterocycles. The maximum absolute atomic E-state index is 12.3. The molecule has 2 atom stereocenters. The summed E-state index contributed by atoms with van der Waals surface area (Å²) >= 11 is 0. The van der Waals surface area contributed by atoms with Gasteiger partial charge in [-0.05, 0) is 25.3 Å². The summed E-state index contributed by atoms with van der Waals surface area (Å²) in [6.07, 6.45) is 1.06. The van der Waals surface area contributed by atoms with Crippen LogP contribution in [0.4, 0.5) is 4.79 Å². The molecule has 1 aliphatic heterocycles. The Balaban J connectivity index is 1.98. The fourth-order valence-corrected chi connectivity index (χ4v) is 2.76. The molecule has 1 aromatic carbocycles.